The van der Waals surface area contributed by atoms with E-state index in [-0.39, 0.29) is 41.2 Å². The second-order valence-electron chi connectivity index (χ2n) is 9.73. The number of amides is 1. The van der Waals surface area contributed by atoms with Gasteiger partial charge in [0.2, 0.25) is 5.88 Å². The van der Waals surface area contributed by atoms with Gasteiger partial charge in [-0.1, -0.05) is 65.1 Å². The van der Waals surface area contributed by atoms with Crippen LogP contribution in [0.4, 0.5) is 8.78 Å². The fraction of sp³-hybridized carbons (Fsp3) is 0.233. The predicted octanol–water partition coefficient (Wildman–Crippen LogP) is 8.33. The van der Waals surface area contributed by atoms with Crippen LogP contribution in [0.15, 0.2) is 72.8 Å². The van der Waals surface area contributed by atoms with Gasteiger partial charge < -0.3 is 9.64 Å². The number of ketones is 1. The summed E-state index contributed by atoms with van der Waals surface area (Å²) < 4.78 is 36.4. The summed E-state index contributed by atoms with van der Waals surface area (Å²) in [6.45, 7) is 1.90. The molecule has 1 fully saturated rings. The van der Waals surface area contributed by atoms with Crippen LogP contribution in [0.1, 0.15) is 47.8 Å². The Morgan fingerprint density at radius 3 is 2.15 bits per heavy atom. The number of alkyl halides is 2. The van der Waals surface area contributed by atoms with Gasteiger partial charge in [0.25, 0.3) is 12.3 Å². The number of halogens is 5. The number of likely N-dealkylation sites (tertiary alicyclic amines) is 1. The van der Waals surface area contributed by atoms with Crippen molar-refractivity contribution >= 4 is 46.5 Å². The molecule has 0 radical (unpaired) electrons. The van der Waals surface area contributed by atoms with Crippen LogP contribution in [-0.2, 0) is 10.2 Å². The third-order valence-electron chi connectivity index (χ3n) is 7.37. The summed E-state index contributed by atoms with van der Waals surface area (Å²) in [7, 11) is 0. The minimum absolute atomic E-state index is 0.00984. The van der Waals surface area contributed by atoms with Crippen molar-refractivity contribution in [1.29, 1.82) is 0 Å². The third-order valence-corrected chi connectivity index (χ3v) is 8.16. The van der Waals surface area contributed by atoms with Crippen LogP contribution in [0.25, 0.3) is 5.69 Å². The quantitative estimate of drug-likeness (QED) is 0.209. The van der Waals surface area contributed by atoms with Gasteiger partial charge in [0.05, 0.1) is 16.1 Å². The Morgan fingerprint density at radius 1 is 0.927 bits per heavy atom. The van der Waals surface area contributed by atoms with Crippen LogP contribution < -0.4 is 4.74 Å². The van der Waals surface area contributed by atoms with Gasteiger partial charge in [-0.05, 0) is 67.8 Å². The van der Waals surface area contributed by atoms with Crippen LogP contribution in [0.3, 0.4) is 0 Å². The van der Waals surface area contributed by atoms with E-state index in [1.54, 1.807) is 12.1 Å². The van der Waals surface area contributed by atoms with Crippen molar-refractivity contribution in [3.05, 3.63) is 105 Å². The van der Waals surface area contributed by atoms with E-state index in [2.05, 4.69) is 5.10 Å². The van der Waals surface area contributed by atoms with E-state index in [0.29, 0.717) is 22.9 Å². The van der Waals surface area contributed by atoms with Gasteiger partial charge in [-0.25, -0.2) is 8.78 Å². The normalized spacial score (nSPS) is 14.8. The Labute approximate surface area is 250 Å². The summed E-state index contributed by atoms with van der Waals surface area (Å²) in [6, 6.07) is 20.0. The van der Waals surface area contributed by atoms with Crippen molar-refractivity contribution in [3.8, 4) is 17.3 Å². The maximum Gasteiger partial charge on any atom is 0.275 e. The van der Waals surface area contributed by atoms with Crippen molar-refractivity contribution in [1.82, 2.24) is 14.7 Å². The first-order valence-corrected chi connectivity index (χ1v) is 13.9. The molecule has 4 aromatic rings. The molecule has 1 amide bonds. The van der Waals surface area contributed by atoms with E-state index >= 15 is 0 Å². The topological polar surface area (TPSA) is 64.4 Å². The molecule has 0 spiro atoms. The average molecular weight is 619 g/mol. The number of aromatic nitrogens is 2. The van der Waals surface area contributed by atoms with E-state index in [0.717, 1.165) is 10.2 Å². The Balaban J connectivity index is 1.55. The molecule has 212 valence electrons. The van der Waals surface area contributed by atoms with E-state index in [4.69, 9.17) is 39.5 Å². The minimum Gasteiger partial charge on any atom is -0.438 e. The molecule has 1 aromatic heterocycles. The molecule has 1 saturated heterocycles. The maximum absolute atomic E-state index is 14.7. The Kier molecular flexibility index (Phi) is 8.36. The first-order valence-electron chi connectivity index (χ1n) is 12.8. The largest absolute Gasteiger partial charge is 0.438 e. The molecule has 3 aromatic carbocycles. The van der Waals surface area contributed by atoms with E-state index < -0.39 is 29.0 Å². The fourth-order valence-electron chi connectivity index (χ4n) is 5.14. The highest BCUT2D eigenvalue weighted by Crippen LogP contribution is 2.41. The second kappa shape index (κ2) is 11.8. The van der Waals surface area contributed by atoms with Crippen molar-refractivity contribution < 1.29 is 23.1 Å². The van der Waals surface area contributed by atoms with Gasteiger partial charge in [0.1, 0.15) is 17.1 Å². The number of hydrogen-bond donors (Lipinski definition) is 0. The zero-order chi connectivity index (χ0) is 29.3. The van der Waals surface area contributed by atoms with Crippen LogP contribution in [0.2, 0.25) is 15.1 Å². The van der Waals surface area contributed by atoms with Gasteiger partial charge in [0.15, 0.2) is 5.69 Å². The number of Topliss-reactive ketones (excluding diaryl/α,β-unsaturated/α-hetero) is 1. The molecule has 5 rings (SSSR count). The lowest BCUT2D eigenvalue weighted by Gasteiger charge is -2.40. The molecule has 0 bridgehead atoms. The van der Waals surface area contributed by atoms with E-state index in [1.807, 2.05) is 30.3 Å². The minimum atomic E-state index is -3.11. The lowest BCUT2D eigenvalue weighted by molar-refractivity contribution is -0.124. The summed E-state index contributed by atoms with van der Waals surface area (Å²) in [6.07, 6.45) is -2.42. The van der Waals surface area contributed by atoms with Crippen molar-refractivity contribution in [3.63, 3.8) is 0 Å². The Morgan fingerprint density at radius 2 is 1.56 bits per heavy atom. The molecule has 1 aliphatic rings. The highest BCUT2D eigenvalue weighted by atomic mass is 35.5. The number of ether oxygens (including phenoxy) is 1. The maximum atomic E-state index is 14.7. The number of rotatable bonds is 7. The number of nitrogens with zero attached hydrogens (tertiary/aromatic N) is 3. The van der Waals surface area contributed by atoms with E-state index in [1.165, 1.54) is 42.2 Å². The molecule has 2 heterocycles. The monoisotopic (exact) mass is 617 g/mol. The van der Waals surface area contributed by atoms with Crippen LogP contribution in [0.5, 0.6) is 11.6 Å². The second-order valence-corrected chi connectivity index (χ2v) is 11.0. The summed E-state index contributed by atoms with van der Waals surface area (Å²) in [5.41, 5.74) is -0.845. The number of piperidine rings is 1. The average Bonchev–Trinajstić information content (AvgIpc) is 3.33. The number of hydrogen-bond acceptors (Lipinski definition) is 4. The first kappa shape index (κ1) is 29.0. The van der Waals surface area contributed by atoms with Gasteiger partial charge in [-0.2, -0.15) is 9.78 Å². The molecule has 0 atom stereocenters. The van der Waals surface area contributed by atoms with Crippen molar-refractivity contribution in [2.45, 2.75) is 31.6 Å². The van der Waals surface area contributed by atoms with Gasteiger partial charge in [-0.15, -0.1) is 0 Å². The number of carbonyl (C=O) groups is 2. The molecule has 0 N–H and O–H groups in total. The summed E-state index contributed by atoms with van der Waals surface area (Å²) >= 11 is 18.4. The standard InChI is InChI=1S/C30H24Cl3F2N3O3/c1-18(39)30(19-5-3-2-4-6-19)13-15-37(16-14-30)28(40)26-25(27(34)35)29(41-22-10-7-20(31)8-11-22)38(36-26)24-12-9-21(32)17-23(24)33/h2-12,17,27H,13-16H2,1H3. The SMILES string of the molecule is CC(=O)C1(c2ccccc2)CCN(C(=O)c2nn(-c3ccc(Cl)cc3Cl)c(Oc3ccc(Cl)cc3)c2C(F)F)CC1. The Bertz CT molecular complexity index is 1590. The van der Waals surface area contributed by atoms with Gasteiger partial charge in [0, 0.05) is 23.1 Å². The molecular weight excluding hydrogens is 595 g/mol. The molecule has 0 saturated carbocycles. The zero-order valence-corrected chi connectivity index (χ0v) is 24.1. The summed E-state index contributed by atoms with van der Waals surface area (Å²) in [4.78, 5) is 28.0. The first-order chi connectivity index (χ1) is 19.6. The van der Waals surface area contributed by atoms with Gasteiger partial charge in [-0.3, -0.25) is 9.59 Å². The molecule has 0 aliphatic carbocycles. The Hall–Kier alpha value is -3.46. The number of benzene rings is 3. The highest BCUT2D eigenvalue weighted by molar-refractivity contribution is 6.35. The highest BCUT2D eigenvalue weighted by Gasteiger charge is 2.43. The van der Waals surface area contributed by atoms with Gasteiger partial charge >= 0.3 is 0 Å². The van der Waals surface area contributed by atoms with Crippen LogP contribution in [0, 0.1) is 0 Å². The number of carbonyl (C=O) groups excluding carboxylic acids is 2. The molecular formula is C30H24Cl3F2N3O3. The van der Waals surface area contributed by atoms with Crippen molar-refractivity contribution in [2.24, 2.45) is 0 Å². The summed E-state index contributed by atoms with van der Waals surface area (Å²) in [5.74, 6) is -0.873. The third kappa shape index (κ3) is 5.69. The zero-order valence-electron chi connectivity index (χ0n) is 21.8. The smallest absolute Gasteiger partial charge is 0.275 e. The van der Waals surface area contributed by atoms with Crippen LogP contribution >= 0.6 is 34.8 Å². The lowest BCUT2D eigenvalue weighted by Crippen LogP contribution is -2.48. The van der Waals surface area contributed by atoms with Crippen molar-refractivity contribution in [2.75, 3.05) is 13.1 Å². The molecule has 6 nitrogen and oxygen atoms in total. The van der Waals surface area contributed by atoms with E-state index in [9.17, 15) is 18.4 Å². The van der Waals surface area contributed by atoms with Crippen LogP contribution in [-0.4, -0.2) is 39.5 Å². The molecule has 1 aliphatic heterocycles. The predicted molar refractivity (Wildman–Crippen MR) is 154 cm³/mol. The lowest BCUT2D eigenvalue weighted by atomic mass is 9.70. The summed E-state index contributed by atoms with van der Waals surface area (Å²) in [5, 5.41) is 5.19. The molecule has 11 heteroatoms. The molecule has 0 unspecified atom stereocenters. The molecule has 41 heavy (non-hydrogen) atoms. The fourth-order valence-corrected chi connectivity index (χ4v) is 5.76.